The lowest BCUT2D eigenvalue weighted by Gasteiger charge is -2.57. The van der Waals surface area contributed by atoms with Crippen molar-refractivity contribution in [2.45, 2.75) is 43.9 Å². The third-order valence-corrected chi connectivity index (χ3v) is 6.31. The second kappa shape index (κ2) is 9.61. The lowest BCUT2D eigenvalue weighted by atomic mass is 9.74. The third-order valence-electron chi connectivity index (χ3n) is 6.31. The Kier molecular flexibility index (Phi) is 6.67. The van der Waals surface area contributed by atoms with Crippen LogP contribution in [-0.4, -0.2) is 75.3 Å². The second-order valence-electron chi connectivity index (χ2n) is 8.34. The highest BCUT2D eigenvalue weighted by atomic mass is 16.3. The summed E-state index contributed by atoms with van der Waals surface area (Å²) in [6, 6.07) is 11.8. The quantitative estimate of drug-likeness (QED) is 0.743. The van der Waals surface area contributed by atoms with Gasteiger partial charge in [-0.2, -0.15) is 0 Å². The van der Waals surface area contributed by atoms with Gasteiger partial charge in [-0.1, -0.05) is 24.0 Å². The van der Waals surface area contributed by atoms with Crippen molar-refractivity contribution in [3.8, 4) is 11.8 Å². The van der Waals surface area contributed by atoms with E-state index in [1.54, 1.807) is 31.5 Å². The monoisotopic (exact) mass is 419 g/mol. The number of carbonyl (C=O) groups excluding carboxylic acids is 1. The number of amides is 1. The van der Waals surface area contributed by atoms with Crippen LogP contribution in [0.1, 0.15) is 47.2 Å². The van der Waals surface area contributed by atoms with Gasteiger partial charge < -0.3 is 15.1 Å². The number of benzene rings is 1. The number of pyridine rings is 1. The van der Waals surface area contributed by atoms with Gasteiger partial charge in [0.1, 0.15) is 6.10 Å². The Hall–Kier alpha value is -2.72. The first-order valence-electron chi connectivity index (χ1n) is 10.9. The highest BCUT2D eigenvalue weighted by molar-refractivity contribution is 5.94. The molecule has 2 N–H and O–H groups in total. The molecule has 6 nitrogen and oxygen atoms in total. The zero-order valence-electron chi connectivity index (χ0n) is 17.8. The van der Waals surface area contributed by atoms with E-state index in [-0.39, 0.29) is 30.5 Å². The van der Waals surface area contributed by atoms with Crippen LogP contribution in [0.4, 0.5) is 0 Å². The van der Waals surface area contributed by atoms with E-state index in [4.69, 9.17) is 0 Å². The summed E-state index contributed by atoms with van der Waals surface area (Å²) in [7, 11) is 0. The average Bonchev–Trinajstić information content (AvgIpc) is 2.77. The molecule has 4 atom stereocenters. The Labute approximate surface area is 183 Å². The maximum atomic E-state index is 13.1. The molecule has 1 amide bonds. The predicted molar refractivity (Wildman–Crippen MR) is 118 cm³/mol. The molecule has 2 aliphatic rings. The summed E-state index contributed by atoms with van der Waals surface area (Å²) in [5.41, 5.74) is 2.67. The molecule has 6 heteroatoms. The van der Waals surface area contributed by atoms with E-state index in [0.29, 0.717) is 12.1 Å². The van der Waals surface area contributed by atoms with Crippen LogP contribution in [0, 0.1) is 11.8 Å². The maximum Gasteiger partial charge on any atom is 0.254 e. The van der Waals surface area contributed by atoms with Gasteiger partial charge in [0.05, 0.1) is 6.61 Å². The van der Waals surface area contributed by atoms with Gasteiger partial charge in [-0.05, 0) is 56.1 Å². The summed E-state index contributed by atoms with van der Waals surface area (Å²) < 4.78 is 0. The summed E-state index contributed by atoms with van der Waals surface area (Å²) >= 11 is 0. The SMILES string of the molecule is C[C@@H](O)C#Cc1ccc([C@H]2[C@H]3CN(C(=O)c4ccncc4)CCCCN3[C@H]2CO)cc1. The molecular weight excluding hydrogens is 390 g/mol. The number of aliphatic hydroxyl groups excluding tert-OH is 2. The number of hydrogen-bond acceptors (Lipinski definition) is 5. The molecule has 0 saturated carbocycles. The fourth-order valence-electron chi connectivity index (χ4n) is 4.78. The number of aliphatic hydroxyl groups is 2. The standard InChI is InChI=1S/C25H29N3O3/c1-18(30)4-5-19-6-8-20(9-7-19)24-22-16-27(25(31)21-10-12-26-13-11-21)14-2-3-15-28(22)23(24)17-29/h6-13,18,22-24,29-30H,2-3,14-17H2,1H3/t18-,22-,23+,24+/m1/s1. The minimum Gasteiger partial charge on any atom is -0.395 e. The summed E-state index contributed by atoms with van der Waals surface area (Å²) in [4.78, 5) is 21.4. The van der Waals surface area contributed by atoms with Crippen molar-refractivity contribution in [1.29, 1.82) is 0 Å². The van der Waals surface area contributed by atoms with E-state index >= 15 is 0 Å². The molecule has 1 aromatic carbocycles. The summed E-state index contributed by atoms with van der Waals surface area (Å²) in [6.07, 6.45) is 4.61. The van der Waals surface area contributed by atoms with Crippen LogP contribution in [0.2, 0.25) is 0 Å². The Balaban J connectivity index is 1.56. The summed E-state index contributed by atoms with van der Waals surface area (Å²) in [5.74, 6) is 5.93. The fraction of sp³-hybridized carbons (Fsp3) is 0.440. The first kappa shape index (κ1) is 21.5. The van der Waals surface area contributed by atoms with E-state index in [1.165, 1.54) is 0 Å². The number of nitrogens with zero attached hydrogens (tertiary/aromatic N) is 3. The minimum absolute atomic E-state index is 0.0409. The van der Waals surface area contributed by atoms with Gasteiger partial charge in [0.25, 0.3) is 5.91 Å². The predicted octanol–water partition coefficient (Wildman–Crippen LogP) is 1.88. The molecule has 2 aliphatic heterocycles. The smallest absolute Gasteiger partial charge is 0.254 e. The van der Waals surface area contributed by atoms with Crippen molar-refractivity contribution in [3.05, 3.63) is 65.5 Å². The summed E-state index contributed by atoms with van der Waals surface area (Å²) in [5, 5.41) is 19.5. The Bertz CT molecular complexity index is 949. The van der Waals surface area contributed by atoms with Crippen molar-refractivity contribution >= 4 is 5.91 Å². The molecule has 2 fully saturated rings. The number of carbonyl (C=O) groups is 1. The number of aromatic nitrogens is 1. The van der Waals surface area contributed by atoms with E-state index in [1.807, 2.05) is 17.0 Å². The molecule has 0 spiro atoms. The lowest BCUT2D eigenvalue weighted by molar-refractivity contribution is -0.0606. The molecule has 0 aliphatic carbocycles. The zero-order chi connectivity index (χ0) is 21.8. The van der Waals surface area contributed by atoms with Crippen molar-refractivity contribution in [2.24, 2.45) is 0 Å². The van der Waals surface area contributed by atoms with Crippen LogP contribution in [0.15, 0.2) is 48.8 Å². The number of rotatable bonds is 3. The second-order valence-corrected chi connectivity index (χ2v) is 8.34. The number of hydrogen-bond donors (Lipinski definition) is 2. The molecule has 4 rings (SSSR count). The molecule has 31 heavy (non-hydrogen) atoms. The summed E-state index contributed by atoms with van der Waals surface area (Å²) in [6.45, 7) is 4.08. The van der Waals surface area contributed by atoms with Crippen molar-refractivity contribution < 1.29 is 15.0 Å². The highest BCUT2D eigenvalue weighted by Crippen LogP contribution is 2.42. The molecule has 162 valence electrons. The highest BCUT2D eigenvalue weighted by Gasteiger charge is 2.49. The van der Waals surface area contributed by atoms with E-state index in [9.17, 15) is 15.0 Å². The van der Waals surface area contributed by atoms with Gasteiger partial charge in [-0.25, -0.2) is 0 Å². The largest absolute Gasteiger partial charge is 0.395 e. The van der Waals surface area contributed by atoms with Gasteiger partial charge >= 0.3 is 0 Å². The van der Waals surface area contributed by atoms with Crippen LogP contribution >= 0.6 is 0 Å². The molecule has 3 heterocycles. The fourth-order valence-corrected chi connectivity index (χ4v) is 4.78. The van der Waals surface area contributed by atoms with Crippen LogP contribution in [0.25, 0.3) is 0 Å². The molecule has 0 radical (unpaired) electrons. The molecule has 1 aromatic heterocycles. The van der Waals surface area contributed by atoms with Crippen molar-refractivity contribution in [3.63, 3.8) is 0 Å². The first-order valence-corrected chi connectivity index (χ1v) is 10.9. The van der Waals surface area contributed by atoms with Gasteiger partial charge in [0.2, 0.25) is 0 Å². The molecular formula is C25H29N3O3. The van der Waals surface area contributed by atoms with Gasteiger partial charge in [0, 0.05) is 54.6 Å². The molecule has 2 saturated heterocycles. The van der Waals surface area contributed by atoms with Crippen molar-refractivity contribution in [1.82, 2.24) is 14.8 Å². The van der Waals surface area contributed by atoms with Crippen LogP contribution in [-0.2, 0) is 0 Å². The third kappa shape index (κ3) is 4.64. The first-order chi connectivity index (χ1) is 15.1. The molecule has 0 unspecified atom stereocenters. The Morgan fingerprint density at radius 3 is 2.55 bits per heavy atom. The minimum atomic E-state index is -0.655. The van der Waals surface area contributed by atoms with Gasteiger partial charge in [-0.15, -0.1) is 0 Å². The number of fused-ring (bicyclic) bond motifs is 1. The Morgan fingerprint density at radius 2 is 1.87 bits per heavy atom. The topological polar surface area (TPSA) is 76.9 Å². The average molecular weight is 420 g/mol. The zero-order valence-corrected chi connectivity index (χ0v) is 17.8. The normalized spacial score (nSPS) is 24.6. The van der Waals surface area contributed by atoms with Gasteiger partial charge in [-0.3, -0.25) is 14.7 Å². The van der Waals surface area contributed by atoms with Crippen LogP contribution < -0.4 is 0 Å². The van der Waals surface area contributed by atoms with Gasteiger partial charge in [0.15, 0.2) is 0 Å². The van der Waals surface area contributed by atoms with Crippen LogP contribution in [0.5, 0.6) is 0 Å². The molecule has 0 bridgehead atoms. The Morgan fingerprint density at radius 1 is 1.16 bits per heavy atom. The van der Waals surface area contributed by atoms with E-state index in [0.717, 1.165) is 37.1 Å². The lowest BCUT2D eigenvalue weighted by Crippen LogP contribution is -2.67. The molecule has 2 aromatic rings. The van der Waals surface area contributed by atoms with Crippen molar-refractivity contribution in [2.75, 3.05) is 26.2 Å². The maximum absolute atomic E-state index is 13.1. The van der Waals surface area contributed by atoms with E-state index in [2.05, 4.69) is 33.9 Å². The van der Waals surface area contributed by atoms with Crippen LogP contribution in [0.3, 0.4) is 0 Å². The van der Waals surface area contributed by atoms with E-state index < -0.39 is 6.10 Å².